The van der Waals surface area contributed by atoms with E-state index in [1.54, 1.807) is 6.92 Å². The maximum Gasteiger partial charge on any atom is 0.339 e. The van der Waals surface area contributed by atoms with E-state index in [4.69, 9.17) is 39.4 Å². The fourth-order valence-corrected chi connectivity index (χ4v) is 4.18. The summed E-state index contributed by atoms with van der Waals surface area (Å²) in [5, 5.41) is -0.342. The summed E-state index contributed by atoms with van der Waals surface area (Å²) in [6.45, 7) is 1.76. The number of aliphatic imine (C=N–C) groups is 2. The van der Waals surface area contributed by atoms with Crippen LogP contribution in [0.2, 0.25) is 10.0 Å². The number of anilines is 1. The molecule has 1 saturated carbocycles. The molecule has 0 bridgehead atoms. The van der Waals surface area contributed by atoms with Crippen LogP contribution in [0.5, 0.6) is 0 Å². The fourth-order valence-electron chi connectivity index (χ4n) is 3.59. The minimum Gasteiger partial charge on any atom is -0.462 e. The molecule has 10 heteroatoms. The predicted molar refractivity (Wildman–Crippen MR) is 104 cm³/mol. The molecule has 1 aliphatic carbocycles. The molecule has 146 valence electrons. The van der Waals surface area contributed by atoms with E-state index in [1.165, 1.54) is 4.90 Å². The van der Waals surface area contributed by atoms with E-state index in [0.29, 0.717) is 12.8 Å². The first kappa shape index (κ1) is 19.7. The first-order chi connectivity index (χ1) is 12.8. The molecule has 0 radical (unpaired) electrons. The van der Waals surface area contributed by atoms with E-state index in [-0.39, 0.29) is 39.8 Å². The van der Waals surface area contributed by atoms with Gasteiger partial charge in [-0.1, -0.05) is 29.6 Å². The molecule has 27 heavy (non-hydrogen) atoms. The Morgan fingerprint density at radius 3 is 2.59 bits per heavy atom. The molecule has 1 heterocycles. The Labute approximate surface area is 166 Å². The SMILES string of the molecule is CCOC(=O)c1cc(F)c(Cl)c(N2C(N)=NC(N)=NC23CCCCC3)c1Cl. The predicted octanol–water partition coefficient (Wildman–Crippen LogP) is 3.42. The minimum atomic E-state index is -0.874. The van der Waals surface area contributed by atoms with E-state index in [9.17, 15) is 9.18 Å². The van der Waals surface area contributed by atoms with Gasteiger partial charge in [0.25, 0.3) is 0 Å². The quantitative estimate of drug-likeness (QED) is 0.580. The summed E-state index contributed by atoms with van der Waals surface area (Å²) in [4.78, 5) is 22.2. The van der Waals surface area contributed by atoms with Gasteiger partial charge in [-0.2, -0.15) is 4.99 Å². The number of hydrogen-bond acceptors (Lipinski definition) is 7. The molecule has 1 fully saturated rings. The zero-order valence-electron chi connectivity index (χ0n) is 14.8. The van der Waals surface area contributed by atoms with Gasteiger partial charge in [0.2, 0.25) is 11.9 Å². The smallest absolute Gasteiger partial charge is 0.339 e. The zero-order chi connectivity index (χ0) is 19.8. The van der Waals surface area contributed by atoms with Gasteiger partial charge in [-0.25, -0.2) is 14.2 Å². The van der Waals surface area contributed by atoms with Crippen molar-refractivity contribution in [2.75, 3.05) is 11.5 Å². The standard InChI is InChI=1S/C17H20Cl2FN5O2/c1-2-27-14(26)9-8-10(20)12(19)13(11(9)18)25-16(22)23-15(21)24-17(25)6-4-3-5-7-17/h8H,2-7H2,1H3,(H4,21,22,23,24). The number of benzene rings is 1. The Balaban J connectivity index is 2.21. The lowest BCUT2D eigenvalue weighted by Gasteiger charge is -2.46. The number of hydrogen-bond donors (Lipinski definition) is 2. The summed E-state index contributed by atoms with van der Waals surface area (Å²) >= 11 is 12.7. The average Bonchev–Trinajstić information content (AvgIpc) is 2.61. The normalized spacial score (nSPS) is 18.9. The van der Waals surface area contributed by atoms with Crippen LogP contribution in [-0.4, -0.2) is 30.2 Å². The van der Waals surface area contributed by atoms with E-state index < -0.39 is 17.4 Å². The second kappa shape index (κ2) is 7.52. The third kappa shape index (κ3) is 3.43. The van der Waals surface area contributed by atoms with Crippen molar-refractivity contribution in [3.05, 3.63) is 27.5 Å². The van der Waals surface area contributed by atoms with Crippen molar-refractivity contribution in [1.82, 2.24) is 0 Å². The second-order valence-electron chi connectivity index (χ2n) is 6.42. The van der Waals surface area contributed by atoms with Crippen LogP contribution in [0, 0.1) is 5.82 Å². The Hall–Kier alpha value is -2.06. The number of rotatable bonds is 3. The molecular formula is C17H20Cl2FN5O2. The van der Waals surface area contributed by atoms with Crippen molar-refractivity contribution < 1.29 is 13.9 Å². The van der Waals surface area contributed by atoms with Crippen LogP contribution < -0.4 is 16.4 Å². The van der Waals surface area contributed by atoms with Crippen LogP contribution in [0.4, 0.5) is 10.1 Å². The lowest BCUT2D eigenvalue weighted by Crippen LogP contribution is -2.58. The van der Waals surface area contributed by atoms with Crippen molar-refractivity contribution in [3.8, 4) is 0 Å². The summed E-state index contributed by atoms with van der Waals surface area (Å²) in [6.07, 6.45) is 4.00. The molecule has 7 nitrogen and oxygen atoms in total. The molecule has 0 atom stereocenters. The third-order valence-corrected chi connectivity index (χ3v) is 5.45. The van der Waals surface area contributed by atoms with Crippen molar-refractivity contribution in [1.29, 1.82) is 0 Å². The number of esters is 1. The van der Waals surface area contributed by atoms with Crippen molar-refractivity contribution in [2.24, 2.45) is 21.5 Å². The monoisotopic (exact) mass is 415 g/mol. The zero-order valence-corrected chi connectivity index (χ0v) is 16.3. The van der Waals surface area contributed by atoms with Crippen LogP contribution in [-0.2, 0) is 4.74 Å². The van der Waals surface area contributed by atoms with Crippen molar-refractivity contribution >= 4 is 46.8 Å². The number of carbonyl (C=O) groups is 1. The molecule has 4 N–H and O–H groups in total. The first-order valence-electron chi connectivity index (χ1n) is 8.65. The summed E-state index contributed by atoms with van der Waals surface area (Å²) in [5.74, 6) is -1.54. The van der Waals surface area contributed by atoms with Crippen LogP contribution >= 0.6 is 23.2 Å². The third-order valence-electron chi connectivity index (χ3n) is 4.70. The van der Waals surface area contributed by atoms with Gasteiger partial charge in [0.15, 0.2) is 0 Å². The molecule has 0 amide bonds. The van der Waals surface area contributed by atoms with Gasteiger partial charge in [-0.05, 0) is 38.7 Å². The Morgan fingerprint density at radius 2 is 1.96 bits per heavy atom. The largest absolute Gasteiger partial charge is 0.462 e. The summed E-state index contributed by atoms with van der Waals surface area (Å²) in [6, 6.07) is 0.953. The lowest BCUT2D eigenvalue weighted by molar-refractivity contribution is 0.0526. The summed E-state index contributed by atoms with van der Waals surface area (Å²) in [7, 11) is 0. The van der Waals surface area contributed by atoms with Gasteiger partial charge in [0.1, 0.15) is 16.5 Å². The molecule has 1 aliphatic heterocycles. The van der Waals surface area contributed by atoms with Gasteiger partial charge in [-0.3, -0.25) is 4.90 Å². The summed E-state index contributed by atoms with van der Waals surface area (Å²) < 4.78 is 19.5. The van der Waals surface area contributed by atoms with Gasteiger partial charge in [-0.15, -0.1) is 0 Å². The summed E-state index contributed by atoms with van der Waals surface area (Å²) in [5.41, 5.74) is 11.0. The Bertz CT molecular complexity index is 837. The second-order valence-corrected chi connectivity index (χ2v) is 7.18. The molecule has 2 aliphatic rings. The van der Waals surface area contributed by atoms with Crippen molar-refractivity contribution in [3.63, 3.8) is 0 Å². The molecule has 1 aromatic rings. The van der Waals surface area contributed by atoms with Gasteiger partial charge >= 0.3 is 5.97 Å². The molecular weight excluding hydrogens is 396 g/mol. The molecule has 0 aromatic heterocycles. The number of nitrogens with zero attached hydrogens (tertiary/aromatic N) is 3. The highest BCUT2D eigenvalue weighted by Crippen LogP contribution is 2.46. The molecule has 3 rings (SSSR count). The number of nitrogens with two attached hydrogens (primary N) is 2. The number of guanidine groups is 2. The Morgan fingerprint density at radius 1 is 1.30 bits per heavy atom. The topological polar surface area (TPSA) is 106 Å². The van der Waals surface area contributed by atoms with Crippen LogP contribution in [0.1, 0.15) is 49.4 Å². The maximum atomic E-state index is 14.6. The van der Waals surface area contributed by atoms with Crippen LogP contribution in [0.15, 0.2) is 16.1 Å². The van der Waals surface area contributed by atoms with E-state index in [1.807, 2.05) is 0 Å². The van der Waals surface area contributed by atoms with E-state index in [2.05, 4.69) is 9.98 Å². The van der Waals surface area contributed by atoms with Crippen LogP contribution in [0.3, 0.4) is 0 Å². The van der Waals surface area contributed by atoms with E-state index in [0.717, 1.165) is 25.3 Å². The van der Waals surface area contributed by atoms with Crippen LogP contribution in [0.25, 0.3) is 0 Å². The highest BCUT2D eigenvalue weighted by Gasteiger charge is 2.45. The molecule has 1 aromatic carbocycles. The fraction of sp³-hybridized carbons (Fsp3) is 0.471. The minimum absolute atomic E-state index is 0.00592. The number of ether oxygens (including phenoxy) is 1. The number of carbonyl (C=O) groups excluding carboxylic acids is 1. The maximum absolute atomic E-state index is 14.6. The average molecular weight is 416 g/mol. The number of halogens is 3. The highest BCUT2D eigenvalue weighted by atomic mass is 35.5. The lowest BCUT2D eigenvalue weighted by atomic mass is 9.87. The highest BCUT2D eigenvalue weighted by molar-refractivity contribution is 6.42. The molecule has 0 saturated heterocycles. The molecule has 0 unspecified atom stereocenters. The Kier molecular flexibility index (Phi) is 5.48. The first-order valence-corrected chi connectivity index (χ1v) is 9.40. The van der Waals surface area contributed by atoms with Gasteiger partial charge < -0.3 is 16.2 Å². The van der Waals surface area contributed by atoms with Gasteiger partial charge in [0.05, 0.1) is 22.9 Å². The van der Waals surface area contributed by atoms with E-state index >= 15 is 0 Å². The van der Waals surface area contributed by atoms with Crippen molar-refractivity contribution in [2.45, 2.75) is 44.7 Å². The molecule has 1 spiro atoms. The van der Waals surface area contributed by atoms with Gasteiger partial charge in [0, 0.05) is 0 Å².